The molecule has 16 heavy (non-hydrogen) atoms. The molecule has 4 nitrogen and oxygen atoms in total. The molecule has 0 aliphatic rings. The zero-order chi connectivity index (χ0) is 12.6. The Hall–Kier alpha value is -0.750. The molecule has 0 aromatic carbocycles. The molecule has 0 aromatic heterocycles. The van der Waals surface area contributed by atoms with E-state index in [1.165, 1.54) is 6.92 Å². The molecule has 3 N–H and O–H groups in total. The quantitative estimate of drug-likeness (QED) is 0.617. The lowest BCUT2D eigenvalue weighted by atomic mass is 10.3. The normalized spacial score (nSPS) is 13.6. The summed E-state index contributed by atoms with van der Waals surface area (Å²) in [6.45, 7) is 2.46. The van der Waals surface area contributed by atoms with Gasteiger partial charge in [0.1, 0.15) is 6.10 Å². The molecule has 0 aromatic rings. The summed E-state index contributed by atoms with van der Waals surface area (Å²) < 4.78 is 30.6. The molecule has 1 atom stereocenters. The van der Waals surface area contributed by atoms with Crippen LogP contribution in [0.3, 0.4) is 0 Å². The van der Waals surface area contributed by atoms with Gasteiger partial charge in [-0.25, -0.2) is 8.78 Å². The van der Waals surface area contributed by atoms with Crippen LogP contribution in [0.15, 0.2) is 0 Å². The number of amides is 1. The van der Waals surface area contributed by atoms with Gasteiger partial charge in [-0.1, -0.05) is 13.3 Å². The Morgan fingerprint density at radius 3 is 2.69 bits per heavy atom. The van der Waals surface area contributed by atoms with Crippen LogP contribution in [0.25, 0.3) is 0 Å². The zero-order valence-electron chi connectivity index (χ0n) is 9.76. The van der Waals surface area contributed by atoms with E-state index in [4.69, 9.17) is 10.5 Å². The number of unbranched alkanes of at least 4 members (excludes halogenated alkanes) is 1. The maximum absolute atomic E-state index is 12.7. The molecule has 0 bridgehead atoms. The zero-order valence-corrected chi connectivity index (χ0v) is 9.76. The van der Waals surface area contributed by atoms with Gasteiger partial charge in [0, 0.05) is 6.61 Å². The molecule has 96 valence electrons. The number of carbonyl (C=O) groups excluding carboxylic acids is 1. The van der Waals surface area contributed by atoms with E-state index < -0.39 is 31.0 Å². The Morgan fingerprint density at radius 2 is 2.19 bits per heavy atom. The SMILES string of the molecule is CCCCOC(C)C(=O)NCC(F)(F)CN. The Bertz CT molecular complexity index is 213. The number of hydrogen-bond acceptors (Lipinski definition) is 3. The second-order valence-electron chi connectivity index (χ2n) is 3.64. The summed E-state index contributed by atoms with van der Waals surface area (Å²) in [5.41, 5.74) is 4.83. The predicted octanol–water partition coefficient (Wildman–Crippen LogP) is 0.902. The van der Waals surface area contributed by atoms with Crippen molar-refractivity contribution < 1.29 is 18.3 Å². The third-order valence-corrected chi connectivity index (χ3v) is 2.05. The topological polar surface area (TPSA) is 64.3 Å². The number of rotatable bonds is 8. The number of alkyl halides is 2. The molecule has 0 saturated heterocycles. The fraction of sp³-hybridized carbons (Fsp3) is 0.900. The molecular weight excluding hydrogens is 218 g/mol. The Kier molecular flexibility index (Phi) is 7.16. The fourth-order valence-corrected chi connectivity index (χ4v) is 0.912. The average Bonchev–Trinajstić information content (AvgIpc) is 2.26. The van der Waals surface area contributed by atoms with Crippen LogP contribution in [0, 0.1) is 0 Å². The van der Waals surface area contributed by atoms with E-state index in [0.29, 0.717) is 6.61 Å². The van der Waals surface area contributed by atoms with Crippen molar-refractivity contribution in [2.24, 2.45) is 5.73 Å². The number of carbonyl (C=O) groups is 1. The summed E-state index contributed by atoms with van der Waals surface area (Å²) in [4.78, 5) is 11.3. The molecule has 1 unspecified atom stereocenters. The molecule has 0 heterocycles. The van der Waals surface area contributed by atoms with Crippen LogP contribution in [-0.4, -0.2) is 37.6 Å². The van der Waals surface area contributed by atoms with E-state index in [9.17, 15) is 13.6 Å². The number of hydrogen-bond donors (Lipinski definition) is 2. The largest absolute Gasteiger partial charge is 0.369 e. The number of halogens is 2. The molecule has 0 spiro atoms. The lowest BCUT2D eigenvalue weighted by Gasteiger charge is -2.17. The number of ether oxygens (including phenoxy) is 1. The second-order valence-corrected chi connectivity index (χ2v) is 3.64. The molecule has 0 saturated carbocycles. The van der Waals surface area contributed by atoms with Crippen molar-refractivity contribution in [3.05, 3.63) is 0 Å². The first-order valence-corrected chi connectivity index (χ1v) is 5.40. The predicted molar refractivity (Wildman–Crippen MR) is 57.3 cm³/mol. The minimum atomic E-state index is -3.06. The van der Waals surface area contributed by atoms with Gasteiger partial charge in [0.2, 0.25) is 5.91 Å². The monoisotopic (exact) mass is 238 g/mol. The lowest BCUT2D eigenvalue weighted by Crippen LogP contribution is -2.44. The van der Waals surface area contributed by atoms with Gasteiger partial charge in [0.15, 0.2) is 0 Å². The van der Waals surface area contributed by atoms with Crippen molar-refractivity contribution in [3.63, 3.8) is 0 Å². The Morgan fingerprint density at radius 1 is 1.56 bits per heavy atom. The van der Waals surface area contributed by atoms with Gasteiger partial charge >= 0.3 is 0 Å². The lowest BCUT2D eigenvalue weighted by molar-refractivity contribution is -0.133. The molecule has 0 aliphatic carbocycles. The summed E-state index contributed by atoms with van der Waals surface area (Å²) in [5.74, 6) is -3.59. The maximum atomic E-state index is 12.7. The first-order valence-electron chi connectivity index (χ1n) is 5.40. The van der Waals surface area contributed by atoms with Crippen LogP contribution in [0.5, 0.6) is 0 Å². The minimum Gasteiger partial charge on any atom is -0.369 e. The van der Waals surface area contributed by atoms with Crippen LogP contribution in [0.4, 0.5) is 8.78 Å². The van der Waals surface area contributed by atoms with Gasteiger partial charge in [0.05, 0.1) is 13.1 Å². The van der Waals surface area contributed by atoms with Gasteiger partial charge in [0.25, 0.3) is 5.92 Å². The average molecular weight is 238 g/mol. The highest BCUT2D eigenvalue weighted by atomic mass is 19.3. The summed E-state index contributed by atoms with van der Waals surface area (Å²) in [6.07, 6.45) is 1.09. The van der Waals surface area contributed by atoms with Gasteiger partial charge in [-0.15, -0.1) is 0 Å². The van der Waals surface area contributed by atoms with Crippen molar-refractivity contribution in [1.82, 2.24) is 5.32 Å². The van der Waals surface area contributed by atoms with E-state index in [1.54, 1.807) is 0 Å². The van der Waals surface area contributed by atoms with E-state index in [2.05, 4.69) is 5.32 Å². The van der Waals surface area contributed by atoms with E-state index in [0.717, 1.165) is 12.8 Å². The van der Waals surface area contributed by atoms with Crippen LogP contribution in [-0.2, 0) is 9.53 Å². The smallest absolute Gasteiger partial charge is 0.277 e. The Labute approximate surface area is 94.5 Å². The summed E-state index contributed by atoms with van der Waals surface area (Å²) in [6, 6.07) is 0. The van der Waals surface area contributed by atoms with E-state index >= 15 is 0 Å². The summed E-state index contributed by atoms with van der Waals surface area (Å²) in [5, 5.41) is 2.11. The third kappa shape index (κ3) is 6.68. The molecule has 0 aliphatic heterocycles. The van der Waals surface area contributed by atoms with Gasteiger partial charge in [-0.3, -0.25) is 4.79 Å². The molecule has 0 rings (SSSR count). The van der Waals surface area contributed by atoms with Crippen molar-refractivity contribution in [2.45, 2.75) is 38.7 Å². The maximum Gasteiger partial charge on any atom is 0.277 e. The Balaban J connectivity index is 3.79. The van der Waals surface area contributed by atoms with Crippen LogP contribution < -0.4 is 11.1 Å². The van der Waals surface area contributed by atoms with Gasteiger partial charge < -0.3 is 15.8 Å². The highest BCUT2D eigenvalue weighted by Gasteiger charge is 2.28. The molecule has 1 amide bonds. The summed E-state index contributed by atoms with van der Waals surface area (Å²) in [7, 11) is 0. The number of nitrogens with one attached hydrogen (secondary N) is 1. The first-order chi connectivity index (χ1) is 7.43. The van der Waals surface area contributed by atoms with Crippen LogP contribution in [0.1, 0.15) is 26.7 Å². The van der Waals surface area contributed by atoms with Crippen molar-refractivity contribution in [2.75, 3.05) is 19.7 Å². The van der Waals surface area contributed by atoms with Crippen molar-refractivity contribution in [3.8, 4) is 0 Å². The van der Waals surface area contributed by atoms with E-state index in [-0.39, 0.29) is 0 Å². The van der Waals surface area contributed by atoms with Crippen molar-refractivity contribution in [1.29, 1.82) is 0 Å². The molecular formula is C10H20F2N2O2. The van der Waals surface area contributed by atoms with Crippen LogP contribution in [0.2, 0.25) is 0 Å². The molecule has 0 radical (unpaired) electrons. The number of nitrogens with two attached hydrogens (primary N) is 1. The molecule has 6 heteroatoms. The second kappa shape index (κ2) is 7.51. The minimum absolute atomic E-state index is 0.457. The van der Waals surface area contributed by atoms with Gasteiger partial charge in [-0.2, -0.15) is 0 Å². The van der Waals surface area contributed by atoms with Crippen LogP contribution >= 0.6 is 0 Å². The molecule has 0 fully saturated rings. The first kappa shape index (κ1) is 15.2. The fourth-order valence-electron chi connectivity index (χ4n) is 0.912. The standard InChI is InChI=1S/C10H20F2N2O2/c1-3-4-5-16-8(2)9(15)14-7-10(11,12)6-13/h8H,3-7,13H2,1-2H3,(H,14,15). The van der Waals surface area contributed by atoms with Crippen molar-refractivity contribution >= 4 is 5.91 Å². The van der Waals surface area contributed by atoms with Gasteiger partial charge in [-0.05, 0) is 13.3 Å². The summed E-state index contributed by atoms with van der Waals surface area (Å²) >= 11 is 0. The highest BCUT2D eigenvalue weighted by molar-refractivity contribution is 5.80. The highest BCUT2D eigenvalue weighted by Crippen LogP contribution is 2.08. The third-order valence-electron chi connectivity index (χ3n) is 2.05. The van der Waals surface area contributed by atoms with E-state index in [1.807, 2.05) is 6.92 Å².